The van der Waals surface area contributed by atoms with E-state index < -0.39 is 0 Å². The lowest BCUT2D eigenvalue weighted by Crippen LogP contribution is -2.28. The number of carbonyl (C=O) groups is 1. The molecule has 5 heteroatoms. The molecule has 0 spiro atoms. The standard InChI is InChI=1S/C19H20N4O/c1-13(2)12-22-19(24)17-11-15(8-10-20-17)23-16-7-3-5-14-6-4-9-21-18(14)16/h3-11,13H,12H2,1-2H3,(H,20,23)(H,22,24). The summed E-state index contributed by atoms with van der Waals surface area (Å²) in [6.45, 7) is 4.74. The van der Waals surface area contributed by atoms with E-state index >= 15 is 0 Å². The van der Waals surface area contributed by atoms with E-state index in [1.54, 1.807) is 18.5 Å². The number of benzene rings is 1. The average Bonchev–Trinajstić information content (AvgIpc) is 2.60. The highest BCUT2D eigenvalue weighted by Gasteiger charge is 2.09. The quantitative estimate of drug-likeness (QED) is 0.751. The maximum Gasteiger partial charge on any atom is 0.269 e. The lowest BCUT2D eigenvalue weighted by molar-refractivity contribution is 0.0944. The van der Waals surface area contributed by atoms with Gasteiger partial charge in [-0.1, -0.05) is 32.0 Å². The van der Waals surface area contributed by atoms with Crippen LogP contribution in [0.3, 0.4) is 0 Å². The van der Waals surface area contributed by atoms with Crippen molar-refractivity contribution < 1.29 is 4.79 Å². The van der Waals surface area contributed by atoms with Crippen LogP contribution in [0.2, 0.25) is 0 Å². The minimum absolute atomic E-state index is 0.164. The molecule has 122 valence electrons. The summed E-state index contributed by atoms with van der Waals surface area (Å²) < 4.78 is 0. The summed E-state index contributed by atoms with van der Waals surface area (Å²) in [4.78, 5) is 20.7. The molecule has 0 saturated heterocycles. The van der Waals surface area contributed by atoms with Crippen molar-refractivity contribution in [3.63, 3.8) is 0 Å². The monoisotopic (exact) mass is 320 g/mol. The zero-order chi connectivity index (χ0) is 16.9. The fourth-order valence-corrected chi connectivity index (χ4v) is 2.38. The zero-order valence-electron chi connectivity index (χ0n) is 13.8. The van der Waals surface area contributed by atoms with Gasteiger partial charge >= 0.3 is 0 Å². The second kappa shape index (κ2) is 7.08. The van der Waals surface area contributed by atoms with Gasteiger partial charge in [-0.3, -0.25) is 14.8 Å². The van der Waals surface area contributed by atoms with Gasteiger partial charge in [-0.05, 0) is 30.2 Å². The molecule has 2 heterocycles. The molecule has 0 aliphatic carbocycles. The highest BCUT2D eigenvalue weighted by atomic mass is 16.1. The first-order chi connectivity index (χ1) is 11.6. The van der Waals surface area contributed by atoms with E-state index in [1.165, 1.54) is 0 Å². The molecule has 0 unspecified atom stereocenters. The first-order valence-electron chi connectivity index (χ1n) is 7.98. The highest BCUT2D eigenvalue weighted by molar-refractivity contribution is 5.95. The van der Waals surface area contributed by atoms with E-state index in [2.05, 4.69) is 34.4 Å². The van der Waals surface area contributed by atoms with Gasteiger partial charge in [0.1, 0.15) is 5.69 Å². The molecule has 0 fully saturated rings. The number of aromatic nitrogens is 2. The molecule has 0 radical (unpaired) electrons. The van der Waals surface area contributed by atoms with Gasteiger partial charge in [-0.15, -0.1) is 0 Å². The second-order valence-corrected chi connectivity index (χ2v) is 6.04. The Morgan fingerprint density at radius 3 is 2.75 bits per heavy atom. The van der Waals surface area contributed by atoms with Gasteiger partial charge in [0.2, 0.25) is 0 Å². The summed E-state index contributed by atoms with van der Waals surface area (Å²) in [5.74, 6) is 0.236. The molecule has 0 aliphatic heterocycles. The number of carbonyl (C=O) groups excluding carboxylic acids is 1. The number of rotatable bonds is 5. The molecule has 0 atom stereocenters. The summed E-state index contributed by atoms with van der Waals surface area (Å²) in [6.07, 6.45) is 3.40. The first-order valence-corrected chi connectivity index (χ1v) is 7.98. The minimum atomic E-state index is -0.164. The van der Waals surface area contributed by atoms with Crippen LogP contribution < -0.4 is 10.6 Å². The van der Waals surface area contributed by atoms with Crippen LogP contribution in [-0.2, 0) is 0 Å². The van der Waals surface area contributed by atoms with Gasteiger partial charge in [0, 0.05) is 30.0 Å². The van der Waals surface area contributed by atoms with Crippen molar-refractivity contribution in [3.05, 3.63) is 60.6 Å². The number of anilines is 2. The molecule has 1 amide bonds. The van der Waals surface area contributed by atoms with Gasteiger partial charge in [0.15, 0.2) is 0 Å². The molecule has 0 aliphatic rings. The molecule has 3 rings (SSSR count). The van der Waals surface area contributed by atoms with Gasteiger partial charge in [-0.2, -0.15) is 0 Å². The highest BCUT2D eigenvalue weighted by Crippen LogP contribution is 2.24. The largest absolute Gasteiger partial charge is 0.354 e. The van der Waals surface area contributed by atoms with E-state index in [0.717, 1.165) is 22.3 Å². The molecular formula is C19H20N4O. The van der Waals surface area contributed by atoms with Crippen LogP contribution in [0.15, 0.2) is 54.9 Å². The third kappa shape index (κ3) is 3.68. The number of pyridine rings is 2. The molecule has 1 aromatic carbocycles. The Labute approximate surface area is 141 Å². The second-order valence-electron chi connectivity index (χ2n) is 6.04. The summed E-state index contributed by atoms with van der Waals surface area (Å²) in [7, 11) is 0. The molecule has 24 heavy (non-hydrogen) atoms. The lowest BCUT2D eigenvalue weighted by Gasteiger charge is -2.11. The van der Waals surface area contributed by atoms with Crippen LogP contribution in [0.4, 0.5) is 11.4 Å². The van der Waals surface area contributed by atoms with Crippen molar-refractivity contribution in [2.24, 2.45) is 5.92 Å². The van der Waals surface area contributed by atoms with Gasteiger partial charge in [-0.25, -0.2) is 0 Å². The predicted molar refractivity (Wildman–Crippen MR) is 96.4 cm³/mol. The van der Waals surface area contributed by atoms with Gasteiger partial charge in [0.25, 0.3) is 5.91 Å². The van der Waals surface area contributed by atoms with Crippen molar-refractivity contribution in [3.8, 4) is 0 Å². The molecule has 0 saturated carbocycles. The van der Waals surface area contributed by atoms with Crippen molar-refractivity contribution in [1.29, 1.82) is 0 Å². The summed E-state index contributed by atoms with van der Waals surface area (Å²) in [5.41, 5.74) is 2.99. The third-order valence-electron chi connectivity index (χ3n) is 3.58. The van der Waals surface area contributed by atoms with E-state index in [4.69, 9.17) is 0 Å². The van der Waals surface area contributed by atoms with Crippen molar-refractivity contribution in [2.75, 3.05) is 11.9 Å². The van der Waals surface area contributed by atoms with Crippen molar-refractivity contribution in [1.82, 2.24) is 15.3 Å². The minimum Gasteiger partial charge on any atom is -0.354 e. The third-order valence-corrected chi connectivity index (χ3v) is 3.58. The number of hydrogen-bond acceptors (Lipinski definition) is 4. The molecule has 3 aromatic rings. The van der Waals surface area contributed by atoms with Gasteiger partial charge in [0.05, 0.1) is 11.2 Å². The number of nitrogens with one attached hydrogen (secondary N) is 2. The first kappa shape index (κ1) is 15.9. The van der Waals surface area contributed by atoms with Crippen molar-refractivity contribution >= 4 is 28.2 Å². The molecular weight excluding hydrogens is 300 g/mol. The van der Waals surface area contributed by atoms with E-state index in [1.807, 2.05) is 36.4 Å². The maximum absolute atomic E-state index is 12.2. The van der Waals surface area contributed by atoms with Crippen LogP contribution in [0.25, 0.3) is 10.9 Å². The Hall–Kier alpha value is -2.95. The Morgan fingerprint density at radius 2 is 1.92 bits per heavy atom. The number of amides is 1. The summed E-state index contributed by atoms with van der Waals surface area (Å²) >= 11 is 0. The van der Waals surface area contributed by atoms with Crippen molar-refractivity contribution in [2.45, 2.75) is 13.8 Å². The summed E-state index contributed by atoms with van der Waals surface area (Å²) in [5, 5.41) is 7.26. The molecule has 2 aromatic heterocycles. The van der Waals surface area contributed by atoms with Crippen LogP contribution in [0.1, 0.15) is 24.3 Å². The fraction of sp³-hybridized carbons (Fsp3) is 0.211. The Kier molecular flexibility index (Phi) is 4.70. The smallest absolute Gasteiger partial charge is 0.269 e. The lowest BCUT2D eigenvalue weighted by atomic mass is 10.2. The Bertz CT molecular complexity index is 855. The SMILES string of the molecule is CC(C)CNC(=O)c1cc(Nc2cccc3cccnc23)ccn1. The zero-order valence-corrected chi connectivity index (χ0v) is 13.8. The molecule has 5 nitrogen and oxygen atoms in total. The van der Waals surface area contributed by atoms with Gasteiger partial charge < -0.3 is 10.6 Å². The number of para-hydroxylation sites is 1. The Morgan fingerprint density at radius 1 is 1.08 bits per heavy atom. The predicted octanol–water partition coefficient (Wildman–Crippen LogP) is 3.76. The molecule has 0 bridgehead atoms. The number of nitrogens with zero attached hydrogens (tertiary/aromatic N) is 2. The van der Waals surface area contributed by atoms with E-state index in [9.17, 15) is 4.79 Å². The fourth-order valence-electron chi connectivity index (χ4n) is 2.38. The topological polar surface area (TPSA) is 66.9 Å². The van der Waals surface area contributed by atoms with E-state index in [0.29, 0.717) is 18.2 Å². The van der Waals surface area contributed by atoms with Crippen LogP contribution in [0, 0.1) is 5.92 Å². The average molecular weight is 320 g/mol. The maximum atomic E-state index is 12.2. The number of fused-ring (bicyclic) bond motifs is 1. The van der Waals surface area contributed by atoms with Crippen LogP contribution in [0.5, 0.6) is 0 Å². The number of hydrogen-bond donors (Lipinski definition) is 2. The Balaban J connectivity index is 1.83. The van der Waals surface area contributed by atoms with Crippen LogP contribution in [-0.4, -0.2) is 22.4 Å². The normalized spacial score (nSPS) is 10.8. The summed E-state index contributed by atoms with van der Waals surface area (Å²) in [6, 6.07) is 13.5. The molecule has 2 N–H and O–H groups in total. The van der Waals surface area contributed by atoms with E-state index in [-0.39, 0.29) is 5.91 Å². The van der Waals surface area contributed by atoms with Crippen LogP contribution >= 0.6 is 0 Å².